The van der Waals surface area contributed by atoms with Crippen LogP contribution >= 0.6 is 34.8 Å². The smallest absolute Gasteiger partial charge is 1.00 e. The van der Waals surface area contributed by atoms with E-state index < -0.39 is 12.0 Å². The molecule has 2 N–H and O–H groups in total. The summed E-state index contributed by atoms with van der Waals surface area (Å²) in [7, 11) is 0. The van der Waals surface area contributed by atoms with Crippen molar-refractivity contribution in [2.24, 2.45) is 0 Å². The molecule has 0 aliphatic heterocycles. The maximum Gasteiger partial charge on any atom is 1.00 e. The van der Waals surface area contributed by atoms with Gasteiger partial charge >= 0.3 is 139 Å². The number of pyridine rings is 2. The van der Waals surface area contributed by atoms with E-state index >= 15 is 0 Å². The van der Waals surface area contributed by atoms with Crippen molar-refractivity contribution in [3.05, 3.63) is 47.0 Å². The van der Waals surface area contributed by atoms with Gasteiger partial charge < -0.3 is 31.7 Å². The van der Waals surface area contributed by atoms with Crippen molar-refractivity contribution in [2.45, 2.75) is 25.8 Å². The van der Waals surface area contributed by atoms with Gasteiger partial charge in [-0.2, -0.15) is 15.1 Å². The monoisotopic (exact) mass is 1040 g/mol. The molecule has 0 fully saturated rings. The zero-order chi connectivity index (χ0) is 48.9. The fourth-order valence-electron chi connectivity index (χ4n) is 2.00. The van der Waals surface area contributed by atoms with Crippen LogP contribution in [0.1, 0.15) is 15.3 Å². The number of carbonyl (C=O) groups excluding carboxylic acids is 2. The molecule has 0 atom stereocenters. The second-order valence-corrected chi connectivity index (χ2v) is 9.47. The average Bonchev–Trinajstić information content (AvgIpc) is 3.29. The van der Waals surface area contributed by atoms with Gasteiger partial charge in [0.2, 0.25) is 5.38 Å². The van der Waals surface area contributed by atoms with Crippen LogP contribution in [0, 0.1) is 201 Å². The summed E-state index contributed by atoms with van der Waals surface area (Å²) in [6, 6.07) is 5.88. The number of hydrogen-bond acceptors (Lipinski definition) is 9. The maximum atomic E-state index is 11.6. The Bertz CT molecular complexity index is 2950. The summed E-state index contributed by atoms with van der Waals surface area (Å²) < 4.78 is 48.8. The molecule has 0 bridgehead atoms. The first-order chi connectivity index (χ1) is 31.4. The number of rotatable bonds is 4. The molecule has 2 aromatic heterocycles. The van der Waals surface area contributed by atoms with Crippen molar-refractivity contribution in [3.8, 4) is 213 Å². The van der Waals surface area contributed by atoms with E-state index in [-0.39, 0.29) is 174 Å². The Balaban J connectivity index is -0.000000152. The fraction of sp³-hybridized carbons (Fsp3) is 0.0800. The molecule has 19 heteroatoms. The first kappa shape index (κ1) is 77.6. The van der Waals surface area contributed by atoms with Gasteiger partial charge in [-0.15, -0.1) is 0 Å². The van der Waals surface area contributed by atoms with Crippen molar-refractivity contribution in [1.82, 2.24) is 9.97 Å². The molecule has 0 amide bonds. The molecule has 2 heterocycles. The predicted molar refractivity (Wildman–Crippen MR) is 237 cm³/mol. The molecule has 0 radical (unpaired) electrons. The molecule has 69 heavy (non-hydrogen) atoms. The minimum Gasteiger partial charge on any atom is -1.00 e. The van der Waals surface area contributed by atoms with E-state index in [0.717, 1.165) is 0 Å². The van der Waals surface area contributed by atoms with Crippen LogP contribution < -0.4 is 142 Å². The normalized spacial score (nSPS) is 6.01. The molecule has 0 saturated carbocycles. The summed E-state index contributed by atoms with van der Waals surface area (Å²) in [5.74, 6) is 85.5. The Labute approximate surface area is 521 Å². The van der Waals surface area contributed by atoms with E-state index in [4.69, 9.17) is 43.2 Å². The largest absolute Gasteiger partial charge is 1.00 e. The van der Waals surface area contributed by atoms with Gasteiger partial charge in [0.05, 0.1) is 0 Å². The standard InChI is InChI=1S/C36H6.C6H4ClF2NO.C5H4ClNO.C2ClF2O.CH2O3.2K.Na.H2O.H/c1-3-5-7-9-11-13-15-17-19-21-23-25-27-29-31-33-35-36-34-32-30-28-26-24-22-20-18-16-14-12-10-8-6-4-2;7-5-4(11-6(8)9)2-1-3-10-5;6-5-4(8)2-1-3-7-5;3-2(4,5)1-6;2-1-4-3;;;;;/h1-2H3;1-3,6H;1-3,8H;;1,3H;;;;1H2;/q;;;-1;;3*+1;;-1/p-2. The zero-order valence-electron chi connectivity index (χ0n) is 37.1. The number of nitrogens with zero attached hydrogens (tertiary/aromatic N) is 2. The summed E-state index contributed by atoms with van der Waals surface area (Å²) in [5, 5.41) is 13.4. The minimum atomic E-state index is -3.79. The SMILES string of the molecule is CC#CC#CC#CC#CC#CC#CC#CC#CC#CC#CC#CC#CC#CC#CC#CC#CC#CC.FC(F)Oc1cccnc1Cl.O=CO[O-].O=[C-]C(F)(F)Cl.Oc1cccnc1Cl.[H-].[K+].[K+].[Na+].[OH-]. The predicted octanol–water partition coefficient (Wildman–Crippen LogP) is -4.83. The number of ether oxygens (including phenoxy) is 1. The quantitative estimate of drug-likeness (QED) is 0.0367. The molecule has 0 aliphatic rings. The number of aromatic nitrogens is 2. The van der Waals surface area contributed by atoms with Crippen LogP contribution in [0.25, 0.3) is 0 Å². The fourth-order valence-corrected chi connectivity index (χ4v) is 2.28. The third-order valence-corrected chi connectivity index (χ3v) is 4.68. The van der Waals surface area contributed by atoms with Gasteiger partial charge in [-0.1, -0.05) is 46.6 Å². The Kier molecular flexibility index (Phi) is 70.1. The van der Waals surface area contributed by atoms with E-state index in [2.05, 4.69) is 232 Å². The summed E-state index contributed by atoms with van der Waals surface area (Å²) in [6.45, 7) is 0.339. The van der Waals surface area contributed by atoms with Crippen LogP contribution in [0.4, 0.5) is 17.6 Å². The van der Waals surface area contributed by atoms with Crippen molar-refractivity contribution in [1.29, 1.82) is 0 Å². The van der Waals surface area contributed by atoms with E-state index in [0.29, 0.717) is 0 Å². The Hall–Kier alpha value is -5.66. The van der Waals surface area contributed by atoms with Gasteiger partial charge in [-0.05, 0) is 133 Å². The number of hydrogen-bond donors (Lipinski definition) is 1. The van der Waals surface area contributed by atoms with E-state index in [1.54, 1.807) is 19.9 Å². The van der Waals surface area contributed by atoms with E-state index in [9.17, 15) is 17.6 Å². The average molecular weight is 1040 g/mol. The van der Waals surface area contributed by atoms with Crippen LogP contribution in [0.3, 0.4) is 0 Å². The molecule has 0 unspecified atom stereocenters. The Morgan fingerprint density at radius 1 is 0.623 bits per heavy atom. The van der Waals surface area contributed by atoms with Crippen LogP contribution in [-0.4, -0.2) is 45.3 Å². The topological polar surface area (TPSA) is 152 Å². The van der Waals surface area contributed by atoms with Gasteiger partial charge in [0.15, 0.2) is 21.8 Å². The van der Waals surface area contributed by atoms with Crippen molar-refractivity contribution < 1.29 is 186 Å². The van der Waals surface area contributed by atoms with Gasteiger partial charge in [0.25, 0.3) is 6.47 Å². The molecule has 9 nitrogen and oxygen atoms in total. The number of aromatic hydroxyl groups is 1. The van der Waals surface area contributed by atoms with Gasteiger partial charge in [0.1, 0.15) is 0 Å². The molecule has 0 aromatic carbocycles. The number of carbonyl (C=O) groups is 1. The second-order valence-electron chi connectivity index (χ2n) is 8.28. The summed E-state index contributed by atoms with van der Waals surface area (Å²) in [6.07, 6.45) is 3.19. The van der Waals surface area contributed by atoms with Crippen LogP contribution in [-0.2, 0) is 14.5 Å². The Morgan fingerprint density at radius 3 is 1.01 bits per heavy atom. The molecular weight excluding hydrogens is 1020 g/mol. The Morgan fingerprint density at radius 2 is 0.855 bits per heavy atom. The molecule has 0 spiro atoms. The van der Waals surface area contributed by atoms with Gasteiger partial charge in [-0.3, -0.25) is 4.79 Å². The first-order valence-corrected chi connectivity index (χ1v) is 16.9. The van der Waals surface area contributed by atoms with Gasteiger partial charge in [0, 0.05) is 107 Å². The number of halogens is 7. The third kappa shape index (κ3) is 69.0. The summed E-state index contributed by atoms with van der Waals surface area (Å²) >= 11 is 14.7. The minimum absolute atomic E-state index is 0. The van der Waals surface area contributed by atoms with Crippen molar-refractivity contribution in [2.75, 3.05) is 0 Å². The summed E-state index contributed by atoms with van der Waals surface area (Å²) in [4.78, 5) is 27.2. The molecule has 2 rings (SSSR count). The van der Waals surface area contributed by atoms with Gasteiger partial charge in [-0.25, -0.2) is 18.7 Å². The first-order valence-electron chi connectivity index (χ1n) is 15.8. The molecular formula is C50H17Cl3F4K2N2NaO7-. The number of alkyl halides is 5. The van der Waals surface area contributed by atoms with Crippen molar-refractivity contribution in [3.63, 3.8) is 0 Å². The molecule has 322 valence electrons. The van der Waals surface area contributed by atoms with Crippen LogP contribution in [0.2, 0.25) is 10.3 Å². The van der Waals surface area contributed by atoms with Crippen molar-refractivity contribution >= 4 is 47.6 Å². The molecule has 0 aliphatic carbocycles. The van der Waals surface area contributed by atoms with Crippen LogP contribution in [0.5, 0.6) is 11.5 Å². The van der Waals surface area contributed by atoms with Crippen LogP contribution in [0.15, 0.2) is 36.7 Å². The summed E-state index contributed by atoms with van der Waals surface area (Å²) in [5.41, 5.74) is 0. The third-order valence-electron chi connectivity index (χ3n) is 4.02. The molecule has 2 aromatic rings. The van der Waals surface area contributed by atoms with E-state index in [1.165, 1.54) is 30.6 Å². The van der Waals surface area contributed by atoms with E-state index in [1.807, 2.05) is 0 Å². The maximum absolute atomic E-state index is 11.6. The second kappa shape index (κ2) is 62.3. The zero-order valence-corrected chi connectivity index (χ0v) is 46.6. The molecule has 0 saturated heterocycles.